The quantitative estimate of drug-likeness (QED) is 0.541. The fraction of sp³-hybridized carbons (Fsp3) is 0.250. The van der Waals surface area contributed by atoms with Gasteiger partial charge in [-0.05, 0) is 36.2 Å². The number of ether oxygens (including phenoxy) is 2. The minimum absolute atomic E-state index is 0.182. The third-order valence-corrected chi connectivity index (χ3v) is 5.15. The van der Waals surface area contributed by atoms with Crippen LogP contribution in [0.3, 0.4) is 0 Å². The summed E-state index contributed by atoms with van der Waals surface area (Å²) in [6, 6.07) is 14.1. The summed E-state index contributed by atoms with van der Waals surface area (Å²) in [5.41, 5.74) is 7.23. The van der Waals surface area contributed by atoms with Crippen LogP contribution in [0, 0.1) is 0 Å². The Morgan fingerprint density at radius 3 is 2.30 bits per heavy atom. The number of nitrogens with two attached hydrogens (primary N) is 1. The lowest BCUT2D eigenvalue weighted by molar-refractivity contribution is -0.137. The summed E-state index contributed by atoms with van der Waals surface area (Å²) in [7, 11) is 2.97. The van der Waals surface area contributed by atoms with Crippen molar-refractivity contribution < 1.29 is 27.4 Å². The zero-order chi connectivity index (χ0) is 24.0. The van der Waals surface area contributed by atoms with Crippen LogP contribution < -0.4 is 20.1 Å². The Labute approximate surface area is 189 Å². The van der Waals surface area contributed by atoms with Crippen molar-refractivity contribution in [2.24, 2.45) is 5.73 Å². The Hall–Kier alpha value is -3.59. The van der Waals surface area contributed by atoms with Crippen molar-refractivity contribution in [1.82, 2.24) is 4.98 Å². The molecule has 2 aromatic carbocycles. The van der Waals surface area contributed by atoms with Gasteiger partial charge in [0.25, 0.3) is 0 Å². The molecule has 0 aliphatic heterocycles. The van der Waals surface area contributed by atoms with E-state index in [1.807, 2.05) is 0 Å². The van der Waals surface area contributed by atoms with Crippen LogP contribution in [0.1, 0.15) is 22.7 Å². The van der Waals surface area contributed by atoms with Crippen LogP contribution >= 0.6 is 0 Å². The van der Waals surface area contributed by atoms with Gasteiger partial charge in [-0.2, -0.15) is 13.2 Å². The Morgan fingerprint density at radius 2 is 1.73 bits per heavy atom. The molecule has 1 aromatic heterocycles. The van der Waals surface area contributed by atoms with E-state index in [1.54, 1.807) is 36.4 Å². The molecule has 0 fully saturated rings. The van der Waals surface area contributed by atoms with Gasteiger partial charge in [-0.25, -0.2) is 4.98 Å². The number of benzene rings is 2. The van der Waals surface area contributed by atoms with Gasteiger partial charge in [0.2, 0.25) is 11.8 Å². The molecule has 0 saturated heterocycles. The first-order valence-corrected chi connectivity index (χ1v) is 10.1. The number of carbonyl (C=O) groups excluding carboxylic acids is 1. The molecular weight excluding hydrogens is 435 g/mol. The number of hydrogen-bond donors (Lipinski definition) is 1. The topological polar surface area (TPSA) is 77.7 Å². The van der Waals surface area contributed by atoms with E-state index in [0.29, 0.717) is 34.9 Å². The fourth-order valence-corrected chi connectivity index (χ4v) is 3.35. The number of alkyl halides is 3. The van der Waals surface area contributed by atoms with Gasteiger partial charge in [0.05, 0.1) is 31.7 Å². The van der Waals surface area contributed by atoms with Gasteiger partial charge in [-0.1, -0.05) is 30.3 Å². The Balaban J connectivity index is 1.86. The van der Waals surface area contributed by atoms with E-state index in [-0.39, 0.29) is 6.54 Å². The molecule has 9 heteroatoms. The van der Waals surface area contributed by atoms with Gasteiger partial charge in [-0.3, -0.25) is 4.79 Å². The van der Waals surface area contributed by atoms with Gasteiger partial charge in [0, 0.05) is 18.2 Å². The second-order valence-electron chi connectivity index (χ2n) is 7.21. The van der Waals surface area contributed by atoms with Crippen LogP contribution in [0.5, 0.6) is 11.6 Å². The maximum Gasteiger partial charge on any atom is 0.416 e. The molecule has 33 heavy (non-hydrogen) atoms. The highest BCUT2D eigenvalue weighted by atomic mass is 19.4. The number of rotatable bonds is 8. The molecular formula is C24H24F3N3O3. The van der Waals surface area contributed by atoms with Crippen molar-refractivity contribution in [3.8, 4) is 11.6 Å². The van der Waals surface area contributed by atoms with Crippen molar-refractivity contribution >= 4 is 11.6 Å². The highest BCUT2D eigenvalue weighted by Gasteiger charge is 2.30. The molecule has 0 spiro atoms. The first-order chi connectivity index (χ1) is 15.7. The molecule has 1 atom stereocenters. The predicted octanol–water partition coefficient (Wildman–Crippen LogP) is 4.39. The number of amides is 1. The van der Waals surface area contributed by atoms with Crippen LogP contribution in [0.4, 0.5) is 18.9 Å². The Morgan fingerprint density at radius 1 is 1.03 bits per heavy atom. The highest BCUT2D eigenvalue weighted by molar-refractivity contribution is 5.98. The molecule has 174 valence electrons. The van der Waals surface area contributed by atoms with Crippen molar-refractivity contribution in [3.05, 3.63) is 83.6 Å². The minimum atomic E-state index is -4.41. The number of methoxy groups -OCH3 is 2. The maximum atomic E-state index is 13.4. The molecule has 1 heterocycles. The lowest BCUT2D eigenvalue weighted by Gasteiger charge is -2.26. The third kappa shape index (κ3) is 5.81. The van der Waals surface area contributed by atoms with E-state index in [9.17, 15) is 18.0 Å². The number of pyridine rings is 1. The van der Waals surface area contributed by atoms with E-state index in [0.717, 1.165) is 12.1 Å². The number of aromatic nitrogens is 1. The molecule has 2 N–H and O–H groups in total. The molecule has 0 saturated carbocycles. The number of carbonyl (C=O) groups is 1. The number of nitrogens with zero attached hydrogens (tertiary/aromatic N) is 2. The molecule has 3 aromatic rings. The van der Waals surface area contributed by atoms with Crippen molar-refractivity contribution in [1.29, 1.82) is 0 Å². The fourth-order valence-electron chi connectivity index (χ4n) is 3.35. The van der Waals surface area contributed by atoms with Crippen LogP contribution in [0.2, 0.25) is 0 Å². The van der Waals surface area contributed by atoms with Crippen LogP contribution in [-0.4, -0.2) is 31.7 Å². The summed E-state index contributed by atoms with van der Waals surface area (Å²) in [5, 5.41) is 0. The van der Waals surface area contributed by atoms with E-state index < -0.39 is 23.7 Å². The number of para-hydroxylation sites is 1. The molecule has 0 aliphatic rings. The molecule has 3 rings (SSSR count). The summed E-state index contributed by atoms with van der Waals surface area (Å²) in [5.74, 6) is 0.454. The van der Waals surface area contributed by atoms with E-state index in [4.69, 9.17) is 15.2 Å². The first-order valence-electron chi connectivity index (χ1n) is 10.1. The molecule has 1 amide bonds. The predicted molar refractivity (Wildman–Crippen MR) is 118 cm³/mol. The van der Waals surface area contributed by atoms with Gasteiger partial charge in [-0.15, -0.1) is 0 Å². The van der Waals surface area contributed by atoms with E-state index in [2.05, 4.69) is 4.98 Å². The first kappa shape index (κ1) is 24.1. The second kappa shape index (κ2) is 10.4. The standard InChI is InChI=1S/C24H24F3N3O3/c1-32-20-6-4-3-5-19(20)22(28)23(31)30(18-11-12-21(33-2)29-15-18)14-13-16-7-9-17(10-8-16)24(25,26)27/h3-12,15,22H,13-14,28H2,1-2H3/t22-/m0/s1. The highest BCUT2D eigenvalue weighted by Crippen LogP contribution is 2.30. The van der Waals surface area contributed by atoms with Gasteiger partial charge >= 0.3 is 6.18 Å². The number of hydrogen-bond acceptors (Lipinski definition) is 5. The normalized spacial score (nSPS) is 12.2. The number of halogens is 3. The van der Waals surface area contributed by atoms with Crippen LogP contribution in [0.15, 0.2) is 66.9 Å². The van der Waals surface area contributed by atoms with E-state index in [1.165, 1.54) is 37.4 Å². The zero-order valence-electron chi connectivity index (χ0n) is 18.2. The summed E-state index contributed by atoms with van der Waals surface area (Å²) < 4.78 is 48.9. The molecule has 6 nitrogen and oxygen atoms in total. The lowest BCUT2D eigenvalue weighted by atomic mass is 10.0. The zero-order valence-corrected chi connectivity index (χ0v) is 18.2. The average molecular weight is 459 g/mol. The van der Waals surface area contributed by atoms with E-state index >= 15 is 0 Å². The third-order valence-electron chi connectivity index (χ3n) is 5.15. The largest absolute Gasteiger partial charge is 0.496 e. The second-order valence-corrected chi connectivity index (χ2v) is 7.21. The monoisotopic (exact) mass is 459 g/mol. The molecule has 0 aliphatic carbocycles. The van der Waals surface area contributed by atoms with Crippen molar-refractivity contribution in [3.63, 3.8) is 0 Å². The van der Waals surface area contributed by atoms with Gasteiger partial charge in [0.1, 0.15) is 11.8 Å². The average Bonchev–Trinajstić information content (AvgIpc) is 2.83. The van der Waals surface area contributed by atoms with Gasteiger partial charge in [0.15, 0.2) is 0 Å². The van der Waals surface area contributed by atoms with Crippen molar-refractivity contribution in [2.75, 3.05) is 25.7 Å². The summed E-state index contributed by atoms with van der Waals surface area (Å²) >= 11 is 0. The minimum Gasteiger partial charge on any atom is -0.496 e. The smallest absolute Gasteiger partial charge is 0.416 e. The molecule has 0 radical (unpaired) electrons. The summed E-state index contributed by atoms with van der Waals surface area (Å²) in [4.78, 5) is 19.0. The van der Waals surface area contributed by atoms with Crippen LogP contribution in [-0.2, 0) is 17.4 Å². The number of anilines is 1. The maximum absolute atomic E-state index is 13.4. The molecule has 0 bridgehead atoms. The van der Waals surface area contributed by atoms with Crippen LogP contribution in [0.25, 0.3) is 0 Å². The van der Waals surface area contributed by atoms with Crippen molar-refractivity contribution in [2.45, 2.75) is 18.6 Å². The summed E-state index contributed by atoms with van der Waals surface area (Å²) in [6.45, 7) is 0.182. The summed E-state index contributed by atoms with van der Waals surface area (Å²) in [6.07, 6.45) is -2.61. The Kier molecular flexibility index (Phi) is 7.55. The SMILES string of the molecule is COc1ccc(N(CCc2ccc(C(F)(F)F)cc2)C(=O)[C@@H](N)c2ccccc2OC)cn1. The lowest BCUT2D eigenvalue weighted by Crippen LogP contribution is -2.40. The molecule has 0 unspecified atom stereocenters. The van der Waals surface area contributed by atoms with Gasteiger partial charge < -0.3 is 20.1 Å². The Bertz CT molecular complexity index is 1070.